The molecule has 1 aliphatic rings. The van der Waals surface area contributed by atoms with Crippen molar-refractivity contribution in [3.8, 4) is 0 Å². The van der Waals surface area contributed by atoms with E-state index in [1.807, 2.05) is 19.9 Å². The summed E-state index contributed by atoms with van der Waals surface area (Å²) < 4.78 is 16.1. The topological polar surface area (TPSA) is 91.8 Å². The first-order valence-electron chi connectivity index (χ1n) is 13.6. The largest absolute Gasteiger partial charge is 0.403 e. The summed E-state index contributed by atoms with van der Waals surface area (Å²) in [4.78, 5) is 26.0. The van der Waals surface area contributed by atoms with E-state index < -0.39 is 5.82 Å². The van der Waals surface area contributed by atoms with E-state index in [-0.39, 0.29) is 25.0 Å². The summed E-state index contributed by atoms with van der Waals surface area (Å²) >= 11 is 0. The average molecular weight is 540 g/mol. The molecular weight excluding hydrogens is 493 g/mol. The SMILES string of the molecule is C.C/C=C(/C)N.CCCCCN(CCC)c1ccnc2c1C(C)CN2C(=O)Nc1cc(F)c2nc(C)cn2c1. The summed E-state index contributed by atoms with van der Waals surface area (Å²) in [5.41, 5.74) is 9.66. The van der Waals surface area contributed by atoms with E-state index in [1.165, 1.54) is 24.6 Å². The quantitative estimate of drug-likeness (QED) is 0.294. The highest BCUT2D eigenvalue weighted by molar-refractivity contribution is 6.03. The van der Waals surface area contributed by atoms with Gasteiger partial charge in [0.1, 0.15) is 5.82 Å². The molecule has 0 spiro atoms. The van der Waals surface area contributed by atoms with Crippen molar-refractivity contribution in [1.29, 1.82) is 0 Å². The van der Waals surface area contributed by atoms with E-state index in [9.17, 15) is 9.18 Å². The molecule has 2 amide bonds. The van der Waals surface area contributed by atoms with Gasteiger partial charge in [-0.25, -0.2) is 19.2 Å². The lowest BCUT2D eigenvalue weighted by atomic mass is 10.0. The molecule has 1 aliphatic heterocycles. The molecule has 4 rings (SSSR count). The third-order valence-electron chi connectivity index (χ3n) is 6.60. The molecule has 4 heterocycles. The Labute approximate surface area is 233 Å². The second-order valence-electron chi connectivity index (χ2n) is 9.93. The average Bonchev–Trinajstić information content (AvgIpc) is 3.43. The number of hydrogen-bond acceptors (Lipinski definition) is 5. The first-order valence-corrected chi connectivity index (χ1v) is 13.6. The summed E-state index contributed by atoms with van der Waals surface area (Å²) in [7, 11) is 0. The molecule has 0 saturated carbocycles. The van der Waals surface area contributed by atoms with Gasteiger partial charge in [-0.2, -0.15) is 0 Å². The van der Waals surface area contributed by atoms with Crippen LogP contribution in [0.25, 0.3) is 5.65 Å². The van der Waals surface area contributed by atoms with Gasteiger partial charge in [-0.3, -0.25) is 4.90 Å². The molecule has 9 heteroatoms. The Hall–Kier alpha value is -3.62. The molecule has 0 saturated heterocycles. The smallest absolute Gasteiger partial charge is 0.327 e. The highest BCUT2D eigenvalue weighted by Crippen LogP contribution is 2.41. The number of allylic oxidation sites excluding steroid dienone is 2. The maximum absolute atomic E-state index is 14.5. The third-order valence-corrected chi connectivity index (χ3v) is 6.60. The van der Waals surface area contributed by atoms with Crippen LogP contribution in [-0.4, -0.2) is 40.0 Å². The molecular formula is C30H46FN7O. The van der Waals surface area contributed by atoms with Crippen LogP contribution >= 0.6 is 0 Å². The van der Waals surface area contributed by atoms with Gasteiger partial charge in [-0.05, 0) is 39.7 Å². The lowest BCUT2D eigenvalue weighted by molar-refractivity contribution is 0.257. The molecule has 3 aromatic heterocycles. The van der Waals surface area contributed by atoms with Crippen molar-refractivity contribution in [1.82, 2.24) is 14.4 Å². The van der Waals surface area contributed by atoms with Gasteiger partial charge < -0.3 is 20.4 Å². The highest BCUT2D eigenvalue weighted by Gasteiger charge is 2.34. The Morgan fingerprint density at radius 1 is 1.26 bits per heavy atom. The number of urea groups is 1. The maximum Gasteiger partial charge on any atom is 0.327 e. The molecule has 0 radical (unpaired) electrons. The summed E-state index contributed by atoms with van der Waals surface area (Å²) in [6, 6.07) is 3.07. The van der Waals surface area contributed by atoms with Crippen LogP contribution in [0.3, 0.4) is 0 Å². The van der Waals surface area contributed by atoms with Crippen molar-refractivity contribution in [2.45, 2.75) is 80.6 Å². The second-order valence-corrected chi connectivity index (χ2v) is 9.93. The summed E-state index contributed by atoms with van der Waals surface area (Å²) in [5.74, 6) is 0.378. The van der Waals surface area contributed by atoms with Gasteiger partial charge in [0.2, 0.25) is 0 Å². The lowest BCUT2D eigenvalue weighted by Crippen LogP contribution is -2.34. The Balaban J connectivity index is 0.000000816. The number of hydrogen-bond donors (Lipinski definition) is 2. The molecule has 3 N–H and O–H groups in total. The first kappa shape index (κ1) is 31.6. The summed E-state index contributed by atoms with van der Waals surface area (Å²) in [6.07, 6.45) is 11.7. The van der Waals surface area contributed by atoms with Gasteiger partial charge in [0.15, 0.2) is 11.5 Å². The van der Waals surface area contributed by atoms with Crippen LogP contribution in [0.1, 0.15) is 84.9 Å². The van der Waals surface area contributed by atoms with Crippen LogP contribution in [0, 0.1) is 12.7 Å². The molecule has 1 atom stereocenters. The van der Waals surface area contributed by atoms with Crippen LogP contribution in [0.5, 0.6) is 0 Å². The van der Waals surface area contributed by atoms with Crippen LogP contribution in [0.4, 0.5) is 26.4 Å². The van der Waals surface area contributed by atoms with Crippen LogP contribution in [-0.2, 0) is 0 Å². The zero-order valence-electron chi connectivity index (χ0n) is 23.6. The number of carbonyl (C=O) groups is 1. The Bertz CT molecular complexity index is 1270. The molecule has 1 unspecified atom stereocenters. The van der Waals surface area contributed by atoms with Gasteiger partial charge in [-0.15, -0.1) is 0 Å². The number of imidazole rings is 1. The third kappa shape index (κ3) is 7.71. The van der Waals surface area contributed by atoms with E-state index in [4.69, 9.17) is 5.73 Å². The minimum absolute atomic E-state index is 0. The van der Waals surface area contributed by atoms with Crippen molar-refractivity contribution in [3.05, 3.63) is 59.6 Å². The predicted molar refractivity (Wildman–Crippen MR) is 161 cm³/mol. The standard InChI is InChI=1S/C25H33FN6O.C4H9N.CH4/c1-5-7-8-12-30(11-6-2)21-9-10-27-24-22(21)17(3)14-32(24)25(33)29-19-13-20(26)23-28-18(4)15-31(23)16-19;1-3-4(2)5;/h9-10,13,15-17H,5-8,11-12,14H2,1-4H3,(H,29,33);3H,5H2,1-2H3;1H4/b;4-3-;. The van der Waals surface area contributed by atoms with Gasteiger partial charge >= 0.3 is 6.03 Å². The van der Waals surface area contributed by atoms with Gasteiger partial charge in [0.25, 0.3) is 0 Å². The molecule has 0 fully saturated rings. The predicted octanol–water partition coefficient (Wildman–Crippen LogP) is 7.24. The number of halogens is 1. The number of fused-ring (bicyclic) bond motifs is 2. The van der Waals surface area contributed by atoms with Crippen molar-refractivity contribution < 1.29 is 9.18 Å². The second kappa shape index (κ2) is 14.5. The number of amides is 2. The van der Waals surface area contributed by atoms with Crippen LogP contribution in [0.2, 0.25) is 0 Å². The molecule has 214 valence electrons. The number of aromatic nitrogens is 3. The number of pyridine rings is 2. The van der Waals surface area contributed by atoms with E-state index in [2.05, 4.69) is 47.0 Å². The fourth-order valence-electron chi connectivity index (χ4n) is 4.66. The van der Waals surface area contributed by atoms with Gasteiger partial charge in [0.05, 0.1) is 11.4 Å². The minimum atomic E-state index is -0.473. The van der Waals surface area contributed by atoms with Crippen LogP contribution in [0.15, 0.2) is 42.5 Å². The summed E-state index contributed by atoms with van der Waals surface area (Å²) in [6.45, 7) is 14.6. The Morgan fingerprint density at radius 3 is 2.62 bits per heavy atom. The van der Waals surface area contributed by atoms with Crippen molar-refractivity contribution in [2.24, 2.45) is 5.73 Å². The fraction of sp³-hybridized carbons (Fsp3) is 0.500. The van der Waals surface area contributed by atoms with Crippen molar-refractivity contribution >= 4 is 28.9 Å². The monoisotopic (exact) mass is 539 g/mol. The van der Waals surface area contributed by atoms with E-state index in [1.54, 1.807) is 34.8 Å². The zero-order valence-corrected chi connectivity index (χ0v) is 23.6. The summed E-state index contributed by atoms with van der Waals surface area (Å²) in [5, 5.41) is 2.85. The number of aryl methyl sites for hydroxylation is 1. The zero-order chi connectivity index (χ0) is 27.8. The highest BCUT2D eigenvalue weighted by atomic mass is 19.1. The van der Waals surface area contributed by atoms with Gasteiger partial charge in [-0.1, -0.05) is 47.1 Å². The molecule has 0 aliphatic carbocycles. The number of nitrogens with one attached hydrogen (secondary N) is 1. The molecule has 3 aromatic rings. The molecule has 0 bridgehead atoms. The molecule has 8 nitrogen and oxygen atoms in total. The van der Waals surface area contributed by atoms with Gasteiger partial charge in [0, 0.05) is 67.2 Å². The number of nitrogens with zero attached hydrogens (tertiary/aromatic N) is 5. The van der Waals surface area contributed by atoms with Crippen molar-refractivity contribution in [2.75, 3.05) is 34.8 Å². The number of anilines is 3. The molecule has 0 aromatic carbocycles. The number of rotatable bonds is 8. The molecule has 39 heavy (non-hydrogen) atoms. The Morgan fingerprint density at radius 2 is 1.97 bits per heavy atom. The number of carbonyl (C=O) groups excluding carboxylic acids is 1. The lowest BCUT2D eigenvalue weighted by Gasteiger charge is -2.27. The van der Waals surface area contributed by atoms with Crippen LogP contribution < -0.4 is 20.9 Å². The van der Waals surface area contributed by atoms with E-state index in [0.29, 0.717) is 23.7 Å². The normalized spacial score (nSPS) is 14.4. The Kier molecular flexibility index (Phi) is 11.8. The number of unbranched alkanes of at least 4 members (excludes halogenated alkanes) is 2. The number of nitrogens with two attached hydrogens (primary N) is 1. The van der Waals surface area contributed by atoms with E-state index >= 15 is 0 Å². The fourth-order valence-corrected chi connectivity index (χ4v) is 4.66. The van der Waals surface area contributed by atoms with Crippen molar-refractivity contribution in [3.63, 3.8) is 0 Å². The maximum atomic E-state index is 14.5. The van der Waals surface area contributed by atoms with E-state index in [0.717, 1.165) is 37.2 Å². The first-order chi connectivity index (χ1) is 18.2. The minimum Gasteiger partial charge on any atom is -0.403 e.